The van der Waals surface area contributed by atoms with Crippen molar-refractivity contribution >= 4 is 17.4 Å². The van der Waals surface area contributed by atoms with Crippen LogP contribution in [0.4, 0.5) is 5.69 Å². The number of methoxy groups -OCH3 is 2. The van der Waals surface area contributed by atoms with E-state index in [4.69, 9.17) is 9.47 Å². The second-order valence-electron chi connectivity index (χ2n) is 9.59. The third kappa shape index (κ3) is 3.43. The average Bonchev–Trinajstić information content (AvgIpc) is 3.38. The molecule has 0 bridgehead atoms. The van der Waals surface area contributed by atoms with Gasteiger partial charge in [-0.15, -0.1) is 0 Å². The van der Waals surface area contributed by atoms with Gasteiger partial charge < -0.3 is 14.8 Å². The van der Waals surface area contributed by atoms with E-state index in [1.54, 1.807) is 7.11 Å². The lowest BCUT2D eigenvalue weighted by atomic mass is 9.71. The first-order valence-electron chi connectivity index (χ1n) is 12.1. The summed E-state index contributed by atoms with van der Waals surface area (Å²) in [5.41, 5.74) is 3.59. The zero-order chi connectivity index (χ0) is 23.9. The summed E-state index contributed by atoms with van der Waals surface area (Å²) in [6.07, 6.45) is 3.93. The highest BCUT2D eigenvalue weighted by Gasteiger charge is 2.59. The van der Waals surface area contributed by atoms with E-state index in [-0.39, 0.29) is 23.7 Å². The van der Waals surface area contributed by atoms with Crippen LogP contribution in [0.5, 0.6) is 0 Å². The van der Waals surface area contributed by atoms with E-state index in [2.05, 4.69) is 29.3 Å². The predicted octanol–water partition coefficient (Wildman–Crippen LogP) is 4.52. The lowest BCUT2D eigenvalue weighted by Gasteiger charge is -2.45. The van der Waals surface area contributed by atoms with E-state index in [0.717, 1.165) is 48.3 Å². The second kappa shape index (κ2) is 8.91. The SMILES string of the molecule is CC[C@@H]1CN2CC[C@]3(Nc4cccc(-c5ccccc5)c4C3=O)C2C[C@@H]1/C(=C/OC)C(=O)OC. The molecule has 3 heterocycles. The van der Waals surface area contributed by atoms with Crippen LogP contribution in [0.15, 0.2) is 60.4 Å². The summed E-state index contributed by atoms with van der Waals surface area (Å²) in [5.74, 6) is 0.0795. The van der Waals surface area contributed by atoms with Gasteiger partial charge in [-0.2, -0.15) is 0 Å². The molecule has 1 N–H and O–H groups in total. The lowest BCUT2D eigenvalue weighted by Crippen LogP contribution is -2.57. The Balaban J connectivity index is 1.53. The van der Waals surface area contributed by atoms with Gasteiger partial charge in [-0.25, -0.2) is 4.79 Å². The highest BCUT2D eigenvalue weighted by atomic mass is 16.5. The van der Waals surface area contributed by atoms with Gasteiger partial charge >= 0.3 is 5.97 Å². The van der Waals surface area contributed by atoms with Crippen LogP contribution in [0, 0.1) is 11.8 Å². The van der Waals surface area contributed by atoms with Gasteiger partial charge in [0.2, 0.25) is 0 Å². The molecule has 178 valence electrons. The average molecular weight is 461 g/mol. The van der Waals surface area contributed by atoms with Crippen molar-refractivity contribution < 1.29 is 19.1 Å². The Morgan fingerprint density at radius 3 is 2.68 bits per heavy atom. The molecule has 2 aromatic carbocycles. The summed E-state index contributed by atoms with van der Waals surface area (Å²) >= 11 is 0. The minimum atomic E-state index is -0.682. The number of hydrogen-bond donors (Lipinski definition) is 1. The summed E-state index contributed by atoms with van der Waals surface area (Å²) in [6, 6.07) is 16.1. The van der Waals surface area contributed by atoms with Crippen LogP contribution in [0.25, 0.3) is 11.1 Å². The molecule has 3 aliphatic rings. The zero-order valence-electron chi connectivity index (χ0n) is 20.0. The Labute approximate surface area is 200 Å². The Morgan fingerprint density at radius 1 is 1.18 bits per heavy atom. The van der Waals surface area contributed by atoms with Gasteiger partial charge in [0.05, 0.1) is 31.6 Å². The molecule has 1 unspecified atom stereocenters. The van der Waals surface area contributed by atoms with Crippen LogP contribution < -0.4 is 5.32 Å². The highest BCUT2D eigenvalue weighted by molar-refractivity contribution is 6.18. The number of nitrogens with zero attached hydrogens (tertiary/aromatic N) is 1. The molecule has 34 heavy (non-hydrogen) atoms. The van der Waals surface area contributed by atoms with E-state index in [1.165, 1.54) is 13.4 Å². The largest absolute Gasteiger partial charge is 0.504 e. The van der Waals surface area contributed by atoms with Gasteiger partial charge in [0.1, 0.15) is 5.54 Å². The summed E-state index contributed by atoms with van der Waals surface area (Å²) in [6.45, 7) is 3.87. The minimum Gasteiger partial charge on any atom is -0.504 e. The van der Waals surface area contributed by atoms with Gasteiger partial charge in [0.25, 0.3) is 0 Å². The number of rotatable bonds is 5. The molecule has 1 spiro atoms. The van der Waals surface area contributed by atoms with Crippen LogP contribution in [0.3, 0.4) is 0 Å². The Kier molecular flexibility index (Phi) is 5.94. The monoisotopic (exact) mass is 460 g/mol. The molecule has 2 fully saturated rings. The molecule has 0 saturated carbocycles. The second-order valence-corrected chi connectivity index (χ2v) is 9.59. The van der Waals surface area contributed by atoms with Crippen molar-refractivity contribution in [1.82, 2.24) is 4.90 Å². The van der Waals surface area contributed by atoms with Crippen LogP contribution >= 0.6 is 0 Å². The summed E-state index contributed by atoms with van der Waals surface area (Å²) < 4.78 is 10.4. The van der Waals surface area contributed by atoms with E-state index < -0.39 is 5.54 Å². The van der Waals surface area contributed by atoms with Gasteiger partial charge in [-0.05, 0) is 41.9 Å². The summed E-state index contributed by atoms with van der Waals surface area (Å²) in [7, 11) is 2.96. The van der Waals surface area contributed by atoms with Gasteiger partial charge in [-0.1, -0.05) is 55.8 Å². The number of fused-ring (bicyclic) bond motifs is 3. The van der Waals surface area contributed by atoms with Crippen molar-refractivity contribution in [3.8, 4) is 11.1 Å². The number of piperidine rings is 1. The number of ether oxygens (including phenoxy) is 2. The van der Waals surface area contributed by atoms with Crippen molar-refractivity contribution in [1.29, 1.82) is 0 Å². The number of Topliss-reactive ketones (excluding diaryl/α,β-unsaturated/α-hetero) is 1. The fourth-order valence-corrected chi connectivity index (χ4v) is 6.40. The number of hydrogen-bond acceptors (Lipinski definition) is 6. The fourth-order valence-electron chi connectivity index (χ4n) is 6.40. The molecule has 4 atom stereocenters. The van der Waals surface area contributed by atoms with Crippen molar-refractivity contribution in [3.63, 3.8) is 0 Å². The van der Waals surface area contributed by atoms with Crippen molar-refractivity contribution in [2.75, 3.05) is 32.6 Å². The number of carbonyl (C=O) groups excluding carboxylic acids is 2. The number of nitrogens with one attached hydrogen (secondary N) is 1. The van der Waals surface area contributed by atoms with Gasteiger partial charge in [0, 0.05) is 24.8 Å². The third-order valence-corrected chi connectivity index (χ3v) is 8.05. The third-order valence-electron chi connectivity index (χ3n) is 8.05. The minimum absolute atomic E-state index is 0.00580. The molecular weight excluding hydrogens is 428 g/mol. The van der Waals surface area contributed by atoms with Crippen LogP contribution in [0.1, 0.15) is 36.5 Å². The van der Waals surface area contributed by atoms with E-state index >= 15 is 0 Å². The van der Waals surface area contributed by atoms with Crippen molar-refractivity contribution in [2.45, 2.75) is 37.8 Å². The molecule has 2 saturated heterocycles. The molecule has 0 aliphatic carbocycles. The molecule has 3 aliphatic heterocycles. The molecule has 0 radical (unpaired) electrons. The van der Waals surface area contributed by atoms with Crippen molar-refractivity contribution in [3.05, 3.63) is 65.9 Å². The molecule has 0 amide bonds. The smallest absolute Gasteiger partial charge is 0.337 e. The Morgan fingerprint density at radius 2 is 1.97 bits per heavy atom. The van der Waals surface area contributed by atoms with Crippen molar-refractivity contribution in [2.24, 2.45) is 11.8 Å². The number of ketones is 1. The van der Waals surface area contributed by atoms with Gasteiger partial charge in [0.15, 0.2) is 5.78 Å². The maximum Gasteiger partial charge on any atom is 0.337 e. The van der Waals surface area contributed by atoms with E-state index in [9.17, 15) is 9.59 Å². The fraction of sp³-hybridized carbons (Fsp3) is 0.429. The first-order chi connectivity index (χ1) is 16.5. The van der Waals surface area contributed by atoms with E-state index in [1.807, 2.05) is 36.4 Å². The maximum atomic E-state index is 14.2. The standard InChI is InChI=1S/C28H32N2O4/c1-4-18-16-30-14-13-28(24(30)15-21(18)22(17-33-2)27(32)34-3)26(31)25-20(11-8-12-23(25)29-28)19-9-6-5-7-10-19/h5-12,17-18,21,24,29H,4,13-16H2,1-3H3/b22-17-/t18-,21+,24?,28+/m1/s1. The molecule has 6 nitrogen and oxygen atoms in total. The maximum absolute atomic E-state index is 14.2. The van der Waals surface area contributed by atoms with Crippen LogP contribution in [-0.2, 0) is 14.3 Å². The lowest BCUT2D eigenvalue weighted by molar-refractivity contribution is -0.137. The number of benzene rings is 2. The first kappa shape index (κ1) is 22.7. The van der Waals surface area contributed by atoms with Crippen LogP contribution in [0.2, 0.25) is 0 Å². The molecule has 2 aromatic rings. The first-order valence-corrected chi connectivity index (χ1v) is 12.1. The molecule has 5 rings (SSSR count). The molecule has 0 aromatic heterocycles. The normalized spacial score (nSPS) is 28.4. The molecular formula is C28H32N2O4. The number of carbonyl (C=O) groups is 2. The van der Waals surface area contributed by atoms with E-state index in [0.29, 0.717) is 17.9 Å². The zero-order valence-corrected chi connectivity index (χ0v) is 20.0. The predicted molar refractivity (Wildman–Crippen MR) is 132 cm³/mol. The summed E-state index contributed by atoms with van der Waals surface area (Å²) in [5, 5.41) is 3.68. The topological polar surface area (TPSA) is 67.9 Å². The Hall–Kier alpha value is -3.12. The summed E-state index contributed by atoms with van der Waals surface area (Å²) in [4.78, 5) is 29.3. The van der Waals surface area contributed by atoms with Gasteiger partial charge in [-0.3, -0.25) is 9.69 Å². The Bertz CT molecular complexity index is 1130. The quantitative estimate of drug-likeness (QED) is 0.402. The highest BCUT2D eigenvalue weighted by Crippen LogP contribution is 2.50. The number of anilines is 1. The number of esters is 1. The molecule has 6 heteroatoms. The van der Waals surface area contributed by atoms with Crippen LogP contribution in [-0.4, -0.2) is 55.5 Å².